The summed E-state index contributed by atoms with van der Waals surface area (Å²) in [6, 6.07) is 18.3. The Morgan fingerprint density at radius 3 is 2.45 bits per heavy atom. The van der Waals surface area contributed by atoms with E-state index in [1.807, 2.05) is 13.0 Å². The summed E-state index contributed by atoms with van der Waals surface area (Å²) in [5.41, 5.74) is 2.49. The van der Waals surface area contributed by atoms with E-state index in [2.05, 4.69) is 0 Å². The van der Waals surface area contributed by atoms with Crippen LogP contribution >= 0.6 is 0 Å². The van der Waals surface area contributed by atoms with Crippen molar-refractivity contribution in [2.45, 2.75) is 27.0 Å². The van der Waals surface area contributed by atoms with Crippen molar-refractivity contribution in [2.75, 3.05) is 13.4 Å². The number of nitrogens with zero attached hydrogens (tertiary/aromatic N) is 2. The van der Waals surface area contributed by atoms with Crippen molar-refractivity contribution >= 4 is 17.9 Å². The number of rotatable bonds is 8. The van der Waals surface area contributed by atoms with Crippen LogP contribution in [0.1, 0.15) is 30.5 Å². The van der Waals surface area contributed by atoms with Gasteiger partial charge in [-0.2, -0.15) is 5.26 Å². The first-order valence-corrected chi connectivity index (χ1v) is 12.6. The van der Waals surface area contributed by atoms with Crippen LogP contribution in [0.3, 0.4) is 0 Å². The topological polar surface area (TPSA) is 98.1 Å². The summed E-state index contributed by atoms with van der Waals surface area (Å²) in [5, 5.41) is 9.74. The molecule has 2 heterocycles. The molecular weight excluding hydrogens is 515 g/mol. The second-order valence-electron chi connectivity index (χ2n) is 9.11. The van der Waals surface area contributed by atoms with Gasteiger partial charge >= 0.3 is 0 Å². The molecule has 0 N–H and O–H groups in total. The third kappa shape index (κ3) is 5.38. The first-order chi connectivity index (χ1) is 19.4. The molecule has 3 aromatic carbocycles. The van der Waals surface area contributed by atoms with Crippen LogP contribution in [0.2, 0.25) is 0 Å². The van der Waals surface area contributed by atoms with E-state index in [0.717, 1.165) is 10.5 Å². The average Bonchev–Trinajstić information content (AvgIpc) is 3.42. The highest BCUT2D eigenvalue weighted by molar-refractivity contribution is 6.19. The molecule has 3 aromatic rings. The van der Waals surface area contributed by atoms with Crippen molar-refractivity contribution in [3.8, 4) is 29.1 Å². The van der Waals surface area contributed by atoms with Gasteiger partial charge in [0.15, 0.2) is 23.0 Å². The molecule has 0 spiro atoms. The zero-order valence-electron chi connectivity index (χ0n) is 21.9. The van der Waals surface area contributed by atoms with Gasteiger partial charge < -0.3 is 18.9 Å². The van der Waals surface area contributed by atoms with Crippen LogP contribution in [-0.4, -0.2) is 30.1 Å². The third-order valence-corrected chi connectivity index (χ3v) is 6.49. The molecule has 0 saturated heterocycles. The fourth-order valence-corrected chi connectivity index (χ4v) is 4.41. The minimum atomic E-state index is -0.653. The molecule has 0 aliphatic carbocycles. The van der Waals surface area contributed by atoms with Gasteiger partial charge in [0.1, 0.15) is 24.1 Å². The van der Waals surface area contributed by atoms with E-state index in [9.17, 15) is 19.2 Å². The quantitative estimate of drug-likeness (QED) is 0.282. The van der Waals surface area contributed by atoms with E-state index in [4.69, 9.17) is 18.9 Å². The van der Waals surface area contributed by atoms with Crippen LogP contribution in [0.5, 0.6) is 23.0 Å². The fourth-order valence-electron chi connectivity index (χ4n) is 4.41. The second-order valence-corrected chi connectivity index (χ2v) is 9.11. The maximum Gasteiger partial charge on any atom is 0.271 e. The Bertz CT molecular complexity index is 1590. The van der Waals surface area contributed by atoms with E-state index < -0.39 is 11.8 Å². The average molecular weight is 541 g/mol. The molecule has 0 aromatic heterocycles. The maximum atomic E-state index is 13.6. The van der Waals surface area contributed by atoms with E-state index >= 15 is 0 Å². The largest absolute Gasteiger partial charge is 0.490 e. The summed E-state index contributed by atoms with van der Waals surface area (Å²) < 4.78 is 35.6. The Kier molecular flexibility index (Phi) is 7.51. The van der Waals surface area contributed by atoms with Gasteiger partial charge in [-0.05, 0) is 78.6 Å². The van der Waals surface area contributed by atoms with E-state index in [-0.39, 0.29) is 36.9 Å². The number of imide groups is 1. The summed E-state index contributed by atoms with van der Waals surface area (Å²) in [7, 11) is 0. The number of nitriles is 1. The summed E-state index contributed by atoms with van der Waals surface area (Å²) in [4.78, 5) is 27.7. The Balaban J connectivity index is 1.43. The highest BCUT2D eigenvalue weighted by Crippen LogP contribution is 2.35. The molecule has 8 nitrogen and oxygen atoms in total. The molecule has 2 aliphatic rings. The SMILES string of the molecule is CCOc1cc(/C=C2/C(=O)N(Cc3ccc4c(c3)OCO4)C(=O)C(C#N)=C2C)ccc1OCc1ccc(F)cc1. The van der Waals surface area contributed by atoms with Crippen molar-refractivity contribution < 1.29 is 32.9 Å². The van der Waals surface area contributed by atoms with Crippen LogP contribution in [0.25, 0.3) is 6.08 Å². The lowest BCUT2D eigenvalue weighted by molar-refractivity contribution is -0.141. The van der Waals surface area contributed by atoms with Gasteiger partial charge in [0.2, 0.25) is 6.79 Å². The molecule has 0 saturated carbocycles. The molecule has 2 aliphatic heterocycles. The van der Waals surface area contributed by atoms with Crippen LogP contribution in [0.15, 0.2) is 77.4 Å². The number of carbonyl (C=O) groups is 2. The minimum absolute atomic E-state index is 0.0372. The monoisotopic (exact) mass is 540 g/mol. The second kappa shape index (κ2) is 11.3. The van der Waals surface area contributed by atoms with Crippen molar-refractivity contribution in [1.29, 1.82) is 5.26 Å². The van der Waals surface area contributed by atoms with Crippen molar-refractivity contribution in [1.82, 2.24) is 4.90 Å². The highest BCUT2D eigenvalue weighted by Gasteiger charge is 2.35. The molecular formula is C31H25FN2O6. The Morgan fingerprint density at radius 2 is 1.70 bits per heavy atom. The van der Waals surface area contributed by atoms with Gasteiger partial charge in [-0.1, -0.05) is 24.3 Å². The zero-order chi connectivity index (χ0) is 28.2. The number of halogens is 1. The third-order valence-electron chi connectivity index (χ3n) is 6.49. The van der Waals surface area contributed by atoms with Gasteiger partial charge in [-0.25, -0.2) is 4.39 Å². The molecule has 202 valence electrons. The number of ether oxygens (including phenoxy) is 4. The molecule has 0 unspecified atom stereocenters. The molecule has 0 radical (unpaired) electrons. The highest BCUT2D eigenvalue weighted by atomic mass is 19.1. The van der Waals surface area contributed by atoms with Gasteiger partial charge in [-0.3, -0.25) is 14.5 Å². The number of amides is 2. The van der Waals surface area contributed by atoms with E-state index in [1.54, 1.807) is 61.5 Å². The lowest BCUT2D eigenvalue weighted by Gasteiger charge is -2.27. The molecule has 0 fully saturated rings. The first-order valence-electron chi connectivity index (χ1n) is 12.6. The van der Waals surface area contributed by atoms with Crippen molar-refractivity contribution in [2.24, 2.45) is 0 Å². The van der Waals surface area contributed by atoms with Gasteiger partial charge in [0, 0.05) is 5.57 Å². The lowest BCUT2D eigenvalue weighted by Crippen LogP contribution is -2.42. The number of fused-ring (bicyclic) bond motifs is 1. The van der Waals surface area contributed by atoms with E-state index in [1.165, 1.54) is 12.1 Å². The zero-order valence-corrected chi connectivity index (χ0v) is 21.9. The minimum Gasteiger partial charge on any atom is -0.490 e. The predicted molar refractivity (Wildman–Crippen MR) is 143 cm³/mol. The molecule has 5 rings (SSSR count). The smallest absolute Gasteiger partial charge is 0.271 e. The number of hydrogen-bond acceptors (Lipinski definition) is 7. The van der Waals surface area contributed by atoms with Crippen LogP contribution in [-0.2, 0) is 22.7 Å². The number of benzene rings is 3. The van der Waals surface area contributed by atoms with Gasteiger partial charge in [0.05, 0.1) is 13.2 Å². The van der Waals surface area contributed by atoms with Crippen molar-refractivity contribution in [3.05, 3.63) is 99.9 Å². The van der Waals surface area contributed by atoms with Gasteiger partial charge in [0.25, 0.3) is 11.8 Å². The normalized spacial score (nSPS) is 15.4. The molecule has 40 heavy (non-hydrogen) atoms. The summed E-state index contributed by atoms with van der Waals surface area (Å²) in [5.74, 6) is 0.555. The molecule has 2 amide bonds. The number of hydrogen-bond donors (Lipinski definition) is 0. The molecule has 9 heteroatoms. The fraction of sp³-hybridized carbons (Fsp3) is 0.194. The van der Waals surface area contributed by atoms with Crippen LogP contribution < -0.4 is 18.9 Å². The number of carbonyl (C=O) groups excluding carboxylic acids is 2. The Morgan fingerprint density at radius 1 is 0.950 bits per heavy atom. The van der Waals surface area contributed by atoms with E-state index in [0.29, 0.717) is 46.3 Å². The summed E-state index contributed by atoms with van der Waals surface area (Å²) >= 11 is 0. The Hall–Kier alpha value is -5.10. The summed E-state index contributed by atoms with van der Waals surface area (Å²) in [6.45, 7) is 4.08. The molecule has 0 atom stereocenters. The lowest BCUT2D eigenvalue weighted by atomic mass is 9.93. The van der Waals surface area contributed by atoms with Crippen molar-refractivity contribution in [3.63, 3.8) is 0 Å². The van der Waals surface area contributed by atoms with Crippen LogP contribution in [0, 0.1) is 17.1 Å². The predicted octanol–water partition coefficient (Wildman–Crippen LogP) is 5.32. The molecule has 0 bridgehead atoms. The standard InChI is InChI=1S/C31H25FN2O6/c1-3-37-28-13-21(6-10-26(28)38-17-20-4-8-23(32)9-5-20)12-24-19(2)25(15-33)31(36)34(30(24)35)16-22-7-11-27-29(14-22)40-18-39-27/h4-14H,3,16-18H2,1-2H3/b24-12+. The van der Waals surface area contributed by atoms with Gasteiger partial charge in [-0.15, -0.1) is 0 Å². The first kappa shape index (κ1) is 26.5. The summed E-state index contributed by atoms with van der Waals surface area (Å²) in [6.07, 6.45) is 1.63. The maximum absolute atomic E-state index is 13.6. The Labute approximate surface area is 230 Å². The van der Waals surface area contributed by atoms with Crippen LogP contribution in [0.4, 0.5) is 4.39 Å².